The number of methoxy groups -OCH3 is 1. The maximum absolute atomic E-state index is 12.2. The van der Waals surface area contributed by atoms with Crippen LogP contribution in [0.3, 0.4) is 0 Å². The molecule has 9 heteroatoms. The molecule has 0 aliphatic rings. The van der Waals surface area contributed by atoms with Crippen LogP contribution in [0.2, 0.25) is 5.02 Å². The van der Waals surface area contributed by atoms with Gasteiger partial charge in [0.15, 0.2) is 11.0 Å². The van der Waals surface area contributed by atoms with Gasteiger partial charge in [-0.15, -0.1) is 10.2 Å². The highest BCUT2D eigenvalue weighted by atomic mass is 35.5. The van der Waals surface area contributed by atoms with E-state index >= 15 is 0 Å². The molecule has 0 atom stereocenters. The van der Waals surface area contributed by atoms with Crippen molar-refractivity contribution in [3.05, 3.63) is 71.0 Å². The Morgan fingerprint density at radius 1 is 1.16 bits per heavy atom. The second kappa shape index (κ2) is 12.2. The second-order valence-electron chi connectivity index (χ2n) is 6.59. The third-order valence-electron chi connectivity index (χ3n) is 4.49. The minimum atomic E-state index is -0.224. The van der Waals surface area contributed by atoms with Crippen LogP contribution in [0, 0.1) is 0 Å². The van der Waals surface area contributed by atoms with Crippen LogP contribution in [0.5, 0.6) is 11.5 Å². The quantitative estimate of drug-likeness (QED) is 0.252. The molecule has 3 rings (SSSR count). The molecule has 0 spiro atoms. The van der Waals surface area contributed by atoms with Crippen molar-refractivity contribution in [2.75, 3.05) is 19.5 Å². The summed E-state index contributed by atoms with van der Waals surface area (Å²) >= 11 is 7.66. The molecule has 168 valence electrons. The van der Waals surface area contributed by atoms with Crippen molar-refractivity contribution in [1.29, 1.82) is 0 Å². The van der Waals surface area contributed by atoms with Crippen molar-refractivity contribution in [1.82, 2.24) is 20.1 Å². The Bertz CT molecular complexity index is 1050. The summed E-state index contributed by atoms with van der Waals surface area (Å²) in [4.78, 5) is 12.2. The molecule has 0 unspecified atom stereocenters. The summed E-state index contributed by atoms with van der Waals surface area (Å²) in [6.07, 6.45) is 3.15. The molecule has 0 saturated heterocycles. The second-order valence-corrected chi connectivity index (χ2v) is 8.06. The number of thioether (sulfide) groups is 1. The summed E-state index contributed by atoms with van der Waals surface area (Å²) in [7, 11) is 1.63. The molecule has 0 radical (unpaired) electrons. The van der Waals surface area contributed by atoms with Gasteiger partial charge in [0.2, 0.25) is 5.91 Å². The van der Waals surface area contributed by atoms with Gasteiger partial charge in [0, 0.05) is 23.4 Å². The maximum atomic E-state index is 12.2. The van der Waals surface area contributed by atoms with E-state index in [0.29, 0.717) is 24.0 Å². The lowest BCUT2D eigenvalue weighted by molar-refractivity contribution is -0.116. The predicted octanol–water partition coefficient (Wildman–Crippen LogP) is 4.46. The van der Waals surface area contributed by atoms with E-state index in [2.05, 4.69) is 15.5 Å². The van der Waals surface area contributed by atoms with E-state index in [-0.39, 0.29) is 12.5 Å². The van der Waals surface area contributed by atoms with E-state index in [1.165, 1.54) is 6.08 Å². The summed E-state index contributed by atoms with van der Waals surface area (Å²) in [5.74, 6) is 2.78. The Labute approximate surface area is 196 Å². The highest BCUT2D eigenvalue weighted by Gasteiger charge is 2.12. The topological polar surface area (TPSA) is 78.3 Å². The average molecular weight is 473 g/mol. The predicted molar refractivity (Wildman–Crippen MR) is 127 cm³/mol. The van der Waals surface area contributed by atoms with Crippen molar-refractivity contribution < 1.29 is 14.3 Å². The number of hydrogen-bond donors (Lipinski definition) is 1. The van der Waals surface area contributed by atoms with Crippen molar-refractivity contribution in [3.63, 3.8) is 0 Å². The van der Waals surface area contributed by atoms with E-state index < -0.39 is 0 Å². The molecule has 0 fully saturated rings. The van der Waals surface area contributed by atoms with Gasteiger partial charge in [0.25, 0.3) is 0 Å². The van der Waals surface area contributed by atoms with E-state index in [0.717, 1.165) is 28.0 Å². The molecule has 1 amide bonds. The molecule has 1 N–H and O–H groups in total. The Morgan fingerprint density at radius 3 is 2.62 bits per heavy atom. The van der Waals surface area contributed by atoms with Crippen LogP contribution in [0.1, 0.15) is 18.3 Å². The van der Waals surface area contributed by atoms with Gasteiger partial charge >= 0.3 is 0 Å². The first kappa shape index (κ1) is 23.7. The van der Waals surface area contributed by atoms with Gasteiger partial charge in [0.05, 0.1) is 20.3 Å². The van der Waals surface area contributed by atoms with Crippen LogP contribution in [-0.4, -0.2) is 40.1 Å². The number of rotatable bonds is 11. The molecule has 2 aromatic carbocycles. The molecule has 3 aromatic rings. The molecule has 0 aliphatic heterocycles. The molecule has 0 bridgehead atoms. The molecular weight excluding hydrogens is 448 g/mol. The van der Waals surface area contributed by atoms with E-state index in [9.17, 15) is 4.79 Å². The van der Waals surface area contributed by atoms with Crippen LogP contribution in [0.15, 0.2) is 59.8 Å². The Hall–Kier alpha value is -2.97. The number of hydrogen-bond acceptors (Lipinski definition) is 6. The van der Waals surface area contributed by atoms with Gasteiger partial charge in [-0.05, 0) is 48.9 Å². The van der Waals surface area contributed by atoms with Crippen LogP contribution in [0.25, 0.3) is 6.08 Å². The summed E-state index contributed by atoms with van der Waals surface area (Å²) in [5, 5.41) is 12.7. The largest absolute Gasteiger partial charge is 0.497 e. The van der Waals surface area contributed by atoms with Crippen molar-refractivity contribution >= 4 is 35.3 Å². The maximum Gasteiger partial charge on any atom is 0.244 e. The summed E-state index contributed by atoms with van der Waals surface area (Å²) in [6.45, 7) is 3.54. The zero-order valence-electron chi connectivity index (χ0n) is 18.0. The lowest BCUT2D eigenvalue weighted by atomic mass is 10.2. The fraction of sp³-hybridized carbons (Fsp3) is 0.261. The number of nitrogens with zero attached hydrogens (tertiary/aromatic N) is 3. The fourth-order valence-corrected chi connectivity index (χ4v) is 3.88. The number of benzene rings is 2. The first-order valence-electron chi connectivity index (χ1n) is 10.1. The molecule has 0 aliphatic carbocycles. The van der Waals surface area contributed by atoms with Crippen molar-refractivity contribution in [2.45, 2.75) is 25.2 Å². The van der Waals surface area contributed by atoms with E-state index in [1.54, 1.807) is 31.0 Å². The number of halogens is 1. The Kier molecular flexibility index (Phi) is 9.01. The van der Waals surface area contributed by atoms with Gasteiger partial charge < -0.3 is 19.4 Å². The SMILES string of the molecule is CCn1c(CNC(=O)C=Cc2ccccc2Cl)nnc1SCCOc1ccc(OC)cc1. The monoisotopic (exact) mass is 472 g/mol. The van der Waals surface area contributed by atoms with Gasteiger partial charge in [0.1, 0.15) is 11.5 Å². The normalized spacial score (nSPS) is 11.0. The molecule has 7 nitrogen and oxygen atoms in total. The summed E-state index contributed by atoms with van der Waals surface area (Å²) in [6, 6.07) is 14.8. The van der Waals surface area contributed by atoms with Gasteiger partial charge in [-0.1, -0.05) is 41.6 Å². The zero-order chi connectivity index (χ0) is 22.8. The Balaban J connectivity index is 1.47. The van der Waals surface area contributed by atoms with Crippen LogP contribution >= 0.6 is 23.4 Å². The molecule has 32 heavy (non-hydrogen) atoms. The van der Waals surface area contributed by atoms with Crippen LogP contribution in [-0.2, 0) is 17.9 Å². The van der Waals surface area contributed by atoms with Gasteiger partial charge in [-0.2, -0.15) is 0 Å². The average Bonchev–Trinajstić information content (AvgIpc) is 3.22. The zero-order valence-corrected chi connectivity index (χ0v) is 19.5. The molecule has 1 heterocycles. The minimum absolute atomic E-state index is 0.224. The lowest BCUT2D eigenvalue weighted by Gasteiger charge is -2.09. The third kappa shape index (κ3) is 6.77. The number of nitrogens with one attached hydrogen (secondary N) is 1. The number of carbonyl (C=O) groups is 1. The van der Waals surface area contributed by atoms with E-state index in [4.69, 9.17) is 21.1 Å². The highest BCUT2D eigenvalue weighted by Crippen LogP contribution is 2.20. The van der Waals surface area contributed by atoms with Crippen molar-refractivity contribution in [3.8, 4) is 11.5 Å². The molecule has 0 saturated carbocycles. The number of carbonyl (C=O) groups excluding carboxylic acids is 1. The summed E-state index contributed by atoms with van der Waals surface area (Å²) < 4.78 is 12.9. The lowest BCUT2D eigenvalue weighted by Crippen LogP contribution is -2.22. The van der Waals surface area contributed by atoms with Gasteiger partial charge in [-0.3, -0.25) is 4.79 Å². The van der Waals surface area contributed by atoms with Crippen LogP contribution < -0.4 is 14.8 Å². The smallest absolute Gasteiger partial charge is 0.244 e. The first-order chi connectivity index (χ1) is 15.6. The van der Waals surface area contributed by atoms with E-state index in [1.807, 2.05) is 54.0 Å². The highest BCUT2D eigenvalue weighted by molar-refractivity contribution is 7.99. The Morgan fingerprint density at radius 2 is 1.91 bits per heavy atom. The number of amides is 1. The number of aromatic nitrogens is 3. The molecule has 1 aromatic heterocycles. The third-order valence-corrected chi connectivity index (χ3v) is 5.77. The van der Waals surface area contributed by atoms with Gasteiger partial charge in [-0.25, -0.2) is 0 Å². The summed E-state index contributed by atoms with van der Waals surface area (Å²) in [5.41, 5.74) is 0.789. The number of ether oxygens (including phenoxy) is 2. The minimum Gasteiger partial charge on any atom is -0.497 e. The fourth-order valence-electron chi connectivity index (χ4n) is 2.84. The first-order valence-corrected chi connectivity index (χ1v) is 11.5. The molecular formula is C23H25ClN4O3S. The standard InChI is InChI=1S/C23H25ClN4O3S/c1-3-28-21(16-25-22(29)13-8-17-6-4-5-7-20(17)24)26-27-23(28)32-15-14-31-19-11-9-18(30-2)10-12-19/h4-13H,3,14-16H2,1-2H3,(H,25,29). The van der Waals surface area contributed by atoms with Crippen LogP contribution in [0.4, 0.5) is 0 Å². The van der Waals surface area contributed by atoms with Crippen molar-refractivity contribution in [2.24, 2.45) is 0 Å².